The van der Waals surface area contributed by atoms with Crippen molar-refractivity contribution in [1.82, 2.24) is 5.32 Å². The number of esters is 1. The van der Waals surface area contributed by atoms with Gasteiger partial charge in [0.15, 0.2) is 0 Å². The summed E-state index contributed by atoms with van der Waals surface area (Å²) in [6.45, 7) is 3.01. The molecule has 0 aromatic heterocycles. The zero-order valence-corrected chi connectivity index (χ0v) is 10.5. The normalized spacial score (nSPS) is 16.3. The van der Waals surface area contributed by atoms with Gasteiger partial charge in [0.2, 0.25) is 0 Å². The van der Waals surface area contributed by atoms with E-state index in [0.717, 1.165) is 18.4 Å². The molecule has 1 aromatic carbocycles. The SMILES string of the molecule is CC(CNCc1cccc(F)c1)OC(=O)C1CC1. The molecule has 0 aliphatic heterocycles. The van der Waals surface area contributed by atoms with E-state index >= 15 is 0 Å². The van der Waals surface area contributed by atoms with Gasteiger partial charge in [-0.15, -0.1) is 0 Å². The fourth-order valence-electron chi connectivity index (χ4n) is 1.72. The van der Waals surface area contributed by atoms with Crippen LogP contribution in [0.3, 0.4) is 0 Å². The number of halogens is 1. The summed E-state index contributed by atoms with van der Waals surface area (Å²) in [5.74, 6) is -0.187. The van der Waals surface area contributed by atoms with Gasteiger partial charge in [-0.3, -0.25) is 4.79 Å². The lowest BCUT2D eigenvalue weighted by atomic mass is 10.2. The van der Waals surface area contributed by atoms with Gasteiger partial charge in [-0.2, -0.15) is 0 Å². The van der Waals surface area contributed by atoms with Gasteiger partial charge in [0.05, 0.1) is 5.92 Å². The Labute approximate surface area is 106 Å². The summed E-state index contributed by atoms with van der Waals surface area (Å²) in [6, 6.07) is 6.46. The Kier molecular flexibility index (Phi) is 4.31. The van der Waals surface area contributed by atoms with E-state index in [2.05, 4.69) is 5.32 Å². The third-order valence-corrected chi connectivity index (χ3v) is 2.88. The fourth-order valence-corrected chi connectivity index (χ4v) is 1.72. The minimum Gasteiger partial charge on any atom is -0.461 e. The Balaban J connectivity index is 1.66. The Morgan fingerprint density at radius 2 is 2.33 bits per heavy atom. The van der Waals surface area contributed by atoms with Gasteiger partial charge in [0.25, 0.3) is 0 Å². The molecule has 0 radical (unpaired) electrons. The monoisotopic (exact) mass is 251 g/mol. The minimum atomic E-state index is -0.234. The molecule has 1 fully saturated rings. The summed E-state index contributed by atoms with van der Waals surface area (Å²) >= 11 is 0. The Hall–Kier alpha value is -1.42. The smallest absolute Gasteiger partial charge is 0.309 e. The molecule has 0 spiro atoms. The maximum absolute atomic E-state index is 12.9. The predicted octanol–water partition coefficient (Wildman–Crippen LogP) is 2.26. The highest BCUT2D eigenvalue weighted by Gasteiger charge is 2.32. The van der Waals surface area contributed by atoms with E-state index in [1.54, 1.807) is 6.07 Å². The molecule has 0 saturated heterocycles. The Bertz CT molecular complexity index is 418. The average Bonchev–Trinajstić information content (AvgIpc) is 3.12. The molecule has 3 nitrogen and oxygen atoms in total. The van der Waals surface area contributed by atoms with Crippen LogP contribution in [0.2, 0.25) is 0 Å². The maximum Gasteiger partial charge on any atom is 0.309 e. The third-order valence-electron chi connectivity index (χ3n) is 2.88. The van der Waals surface area contributed by atoms with Crippen molar-refractivity contribution in [2.24, 2.45) is 5.92 Å². The number of rotatable bonds is 6. The highest BCUT2D eigenvalue weighted by atomic mass is 19.1. The van der Waals surface area contributed by atoms with Crippen LogP contribution >= 0.6 is 0 Å². The predicted molar refractivity (Wildman–Crippen MR) is 66.4 cm³/mol. The summed E-state index contributed by atoms with van der Waals surface area (Å²) in [4.78, 5) is 11.4. The molecule has 98 valence electrons. The van der Waals surface area contributed by atoms with Crippen LogP contribution in [-0.4, -0.2) is 18.6 Å². The van der Waals surface area contributed by atoms with Crippen molar-refractivity contribution >= 4 is 5.97 Å². The van der Waals surface area contributed by atoms with Gasteiger partial charge >= 0.3 is 5.97 Å². The van der Waals surface area contributed by atoms with E-state index in [0.29, 0.717) is 13.1 Å². The number of carbonyl (C=O) groups excluding carboxylic acids is 1. The molecular formula is C14H18FNO2. The largest absolute Gasteiger partial charge is 0.461 e. The summed E-state index contributed by atoms with van der Waals surface area (Å²) < 4.78 is 18.2. The molecule has 1 unspecified atom stereocenters. The van der Waals surface area contributed by atoms with Gasteiger partial charge in [-0.05, 0) is 37.5 Å². The minimum absolute atomic E-state index is 0.0879. The van der Waals surface area contributed by atoms with Crippen LogP contribution in [-0.2, 0) is 16.1 Å². The zero-order chi connectivity index (χ0) is 13.0. The van der Waals surface area contributed by atoms with Crippen LogP contribution < -0.4 is 5.32 Å². The van der Waals surface area contributed by atoms with Gasteiger partial charge in [0.1, 0.15) is 11.9 Å². The molecule has 0 bridgehead atoms. The van der Waals surface area contributed by atoms with Crippen LogP contribution in [0.5, 0.6) is 0 Å². The van der Waals surface area contributed by atoms with E-state index < -0.39 is 0 Å². The average molecular weight is 251 g/mol. The fraction of sp³-hybridized carbons (Fsp3) is 0.500. The number of ether oxygens (including phenoxy) is 1. The first-order valence-electron chi connectivity index (χ1n) is 6.31. The summed E-state index contributed by atoms with van der Waals surface area (Å²) in [7, 11) is 0. The third kappa shape index (κ3) is 4.11. The van der Waals surface area contributed by atoms with E-state index in [1.807, 2.05) is 13.0 Å². The van der Waals surface area contributed by atoms with Crippen molar-refractivity contribution in [2.45, 2.75) is 32.4 Å². The van der Waals surface area contributed by atoms with Crippen LogP contribution in [0.25, 0.3) is 0 Å². The molecular weight excluding hydrogens is 233 g/mol. The second-order valence-corrected chi connectivity index (χ2v) is 4.78. The molecule has 2 rings (SSSR count). The lowest BCUT2D eigenvalue weighted by Gasteiger charge is -2.14. The van der Waals surface area contributed by atoms with E-state index in [1.165, 1.54) is 12.1 Å². The molecule has 4 heteroatoms. The topological polar surface area (TPSA) is 38.3 Å². The van der Waals surface area contributed by atoms with Crippen molar-refractivity contribution in [1.29, 1.82) is 0 Å². The van der Waals surface area contributed by atoms with Crippen molar-refractivity contribution < 1.29 is 13.9 Å². The van der Waals surface area contributed by atoms with E-state index in [4.69, 9.17) is 4.74 Å². The van der Waals surface area contributed by atoms with Gasteiger partial charge < -0.3 is 10.1 Å². The number of benzene rings is 1. The first kappa shape index (κ1) is 13.0. The van der Waals surface area contributed by atoms with Crippen LogP contribution in [0.4, 0.5) is 4.39 Å². The highest BCUT2D eigenvalue weighted by Crippen LogP contribution is 2.30. The molecule has 1 saturated carbocycles. The zero-order valence-electron chi connectivity index (χ0n) is 10.5. The lowest BCUT2D eigenvalue weighted by Crippen LogP contribution is -2.29. The van der Waals surface area contributed by atoms with Crippen LogP contribution in [0.1, 0.15) is 25.3 Å². The highest BCUT2D eigenvalue weighted by molar-refractivity contribution is 5.75. The first-order valence-corrected chi connectivity index (χ1v) is 6.31. The van der Waals surface area contributed by atoms with E-state index in [9.17, 15) is 9.18 Å². The van der Waals surface area contributed by atoms with E-state index in [-0.39, 0.29) is 23.8 Å². The standard InChI is InChI=1S/C14H18FNO2/c1-10(18-14(17)12-5-6-12)8-16-9-11-3-2-4-13(15)7-11/h2-4,7,10,12,16H,5-6,8-9H2,1H3. The lowest BCUT2D eigenvalue weighted by molar-refractivity contribution is -0.149. The number of nitrogens with one attached hydrogen (secondary N) is 1. The van der Waals surface area contributed by atoms with Gasteiger partial charge in [-0.1, -0.05) is 12.1 Å². The molecule has 1 aliphatic rings. The first-order chi connectivity index (χ1) is 8.65. The van der Waals surface area contributed by atoms with Crippen LogP contribution in [0.15, 0.2) is 24.3 Å². The maximum atomic E-state index is 12.9. The Morgan fingerprint density at radius 1 is 1.56 bits per heavy atom. The molecule has 1 aromatic rings. The Morgan fingerprint density at radius 3 is 3.00 bits per heavy atom. The van der Waals surface area contributed by atoms with Crippen molar-refractivity contribution in [3.8, 4) is 0 Å². The van der Waals surface area contributed by atoms with Crippen LogP contribution in [0, 0.1) is 11.7 Å². The number of hydrogen-bond donors (Lipinski definition) is 1. The second kappa shape index (κ2) is 5.96. The number of carbonyl (C=O) groups is 1. The molecule has 1 N–H and O–H groups in total. The van der Waals surface area contributed by atoms with Crippen molar-refractivity contribution in [2.75, 3.05) is 6.54 Å². The quantitative estimate of drug-likeness (QED) is 0.788. The molecule has 0 heterocycles. The van der Waals surface area contributed by atoms with Gasteiger partial charge in [0, 0.05) is 13.1 Å². The molecule has 0 amide bonds. The summed E-state index contributed by atoms with van der Waals surface area (Å²) in [5.41, 5.74) is 0.885. The second-order valence-electron chi connectivity index (χ2n) is 4.78. The van der Waals surface area contributed by atoms with Gasteiger partial charge in [-0.25, -0.2) is 4.39 Å². The summed E-state index contributed by atoms with van der Waals surface area (Å²) in [5, 5.41) is 3.15. The molecule has 18 heavy (non-hydrogen) atoms. The van der Waals surface area contributed by atoms with Crippen molar-refractivity contribution in [3.05, 3.63) is 35.6 Å². The molecule has 1 atom stereocenters. The number of hydrogen-bond acceptors (Lipinski definition) is 3. The van der Waals surface area contributed by atoms with Crippen molar-refractivity contribution in [3.63, 3.8) is 0 Å². The summed E-state index contributed by atoms with van der Waals surface area (Å²) in [6.07, 6.45) is 1.77. The molecule has 1 aliphatic carbocycles.